The van der Waals surface area contributed by atoms with Crippen molar-refractivity contribution in [3.05, 3.63) is 0 Å². The average molecular weight is 244 g/mol. The number of ether oxygens (including phenoxy) is 1. The van der Waals surface area contributed by atoms with Gasteiger partial charge in [-0.2, -0.15) is 11.8 Å². The molecule has 0 spiro atoms. The number of hydrogen-bond donors (Lipinski definition) is 1. The highest BCUT2D eigenvalue weighted by Gasteiger charge is 2.17. The summed E-state index contributed by atoms with van der Waals surface area (Å²) in [6.07, 6.45) is 2.37. The molecule has 2 rings (SSSR count). The van der Waals surface area contributed by atoms with Crippen LogP contribution >= 0.6 is 11.8 Å². The van der Waals surface area contributed by atoms with Gasteiger partial charge in [-0.25, -0.2) is 0 Å². The average Bonchev–Trinajstić information content (AvgIpc) is 2.30. The third-order valence-corrected chi connectivity index (χ3v) is 4.54. The van der Waals surface area contributed by atoms with E-state index in [9.17, 15) is 0 Å². The first-order chi connectivity index (χ1) is 7.84. The topological polar surface area (TPSA) is 24.5 Å². The van der Waals surface area contributed by atoms with E-state index < -0.39 is 0 Å². The van der Waals surface area contributed by atoms with E-state index in [-0.39, 0.29) is 0 Å². The summed E-state index contributed by atoms with van der Waals surface area (Å²) < 4.78 is 5.36. The summed E-state index contributed by atoms with van der Waals surface area (Å²) in [4.78, 5) is 2.59. The Labute approximate surface area is 103 Å². The van der Waals surface area contributed by atoms with Crippen LogP contribution in [0.2, 0.25) is 0 Å². The molecule has 1 N–H and O–H groups in total. The molecule has 4 heteroatoms. The van der Waals surface area contributed by atoms with E-state index >= 15 is 0 Å². The Hall–Kier alpha value is 0.230. The normalized spacial score (nSPS) is 29.4. The highest BCUT2D eigenvalue weighted by Crippen LogP contribution is 2.17. The SMILES string of the molecule is CC1CN(CCNC2CCOCC2)CCS1. The summed E-state index contributed by atoms with van der Waals surface area (Å²) in [6.45, 7) is 9.10. The molecular weight excluding hydrogens is 220 g/mol. The summed E-state index contributed by atoms with van der Waals surface area (Å²) in [5, 5.41) is 4.47. The number of nitrogens with one attached hydrogen (secondary N) is 1. The van der Waals surface area contributed by atoms with Gasteiger partial charge >= 0.3 is 0 Å². The fourth-order valence-electron chi connectivity index (χ4n) is 2.42. The fraction of sp³-hybridized carbons (Fsp3) is 1.00. The monoisotopic (exact) mass is 244 g/mol. The molecule has 0 aromatic carbocycles. The Morgan fingerprint density at radius 2 is 2.19 bits per heavy atom. The van der Waals surface area contributed by atoms with Crippen LogP contribution in [0.15, 0.2) is 0 Å². The zero-order valence-electron chi connectivity index (χ0n) is 10.3. The third-order valence-electron chi connectivity index (χ3n) is 3.41. The maximum atomic E-state index is 5.36. The van der Waals surface area contributed by atoms with E-state index in [1.807, 2.05) is 0 Å². The molecule has 2 saturated heterocycles. The first kappa shape index (κ1) is 12.7. The number of nitrogens with zero attached hydrogens (tertiary/aromatic N) is 1. The second-order valence-corrected chi connectivity index (χ2v) is 6.37. The van der Waals surface area contributed by atoms with Crippen molar-refractivity contribution in [1.82, 2.24) is 10.2 Å². The molecule has 2 aliphatic heterocycles. The van der Waals surface area contributed by atoms with Gasteiger partial charge in [0, 0.05) is 56.4 Å². The predicted octanol–water partition coefficient (Wildman–Crippen LogP) is 1.19. The van der Waals surface area contributed by atoms with Crippen molar-refractivity contribution in [3.63, 3.8) is 0 Å². The van der Waals surface area contributed by atoms with Crippen molar-refractivity contribution < 1.29 is 4.74 Å². The van der Waals surface area contributed by atoms with Gasteiger partial charge in [0.2, 0.25) is 0 Å². The van der Waals surface area contributed by atoms with Crippen molar-refractivity contribution in [2.24, 2.45) is 0 Å². The van der Waals surface area contributed by atoms with Crippen LogP contribution in [-0.4, -0.2) is 61.3 Å². The van der Waals surface area contributed by atoms with Gasteiger partial charge < -0.3 is 15.0 Å². The lowest BCUT2D eigenvalue weighted by molar-refractivity contribution is 0.0773. The predicted molar refractivity (Wildman–Crippen MR) is 70.2 cm³/mol. The van der Waals surface area contributed by atoms with Crippen molar-refractivity contribution in [3.8, 4) is 0 Å². The molecule has 0 amide bonds. The lowest BCUT2D eigenvalue weighted by Gasteiger charge is -2.31. The van der Waals surface area contributed by atoms with Gasteiger partial charge in [-0.1, -0.05) is 6.92 Å². The van der Waals surface area contributed by atoms with Crippen LogP contribution in [-0.2, 0) is 4.74 Å². The van der Waals surface area contributed by atoms with E-state index in [1.165, 1.54) is 38.2 Å². The molecule has 0 aromatic heterocycles. The Bertz CT molecular complexity index is 197. The van der Waals surface area contributed by atoms with Crippen molar-refractivity contribution in [2.45, 2.75) is 31.1 Å². The highest BCUT2D eigenvalue weighted by molar-refractivity contribution is 7.99. The molecule has 0 saturated carbocycles. The van der Waals surface area contributed by atoms with Crippen LogP contribution in [0.5, 0.6) is 0 Å². The summed E-state index contributed by atoms with van der Waals surface area (Å²) in [7, 11) is 0. The van der Waals surface area contributed by atoms with Crippen molar-refractivity contribution in [1.29, 1.82) is 0 Å². The minimum absolute atomic E-state index is 0.699. The maximum absolute atomic E-state index is 5.36. The minimum Gasteiger partial charge on any atom is -0.381 e. The van der Waals surface area contributed by atoms with E-state index in [4.69, 9.17) is 4.74 Å². The zero-order chi connectivity index (χ0) is 11.2. The van der Waals surface area contributed by atoms with Gasteiger partial charge in [-0.3, -0.25) is 0 Å². The lowest BCUT2D eigenvalue weighted by Crippen LogP contribution is -2.43. The van der Waals surface area contributed by atoms with Crippen LogP contribution in [0.3, 0.4) is 0 Å². The highest BCUT2D eigenvalue weighted by atomic mass is 32.2. The molecule has 2 aliphatic rings. The summed E-state index contributed by atoms with van der Waals surface area (Å²) in [5.41, 5.74) is 0. The largest absolute Gasteiger partial charge is 0.381 e. The number of hydrogen-bond acceptors (Lipinski definition) is 4. The zero-order valence-corrected chi connectivity index (χ0v) is 11.1. The first-order valence-electron chi connectivity index (χ1n) is 6.49. The second kappa shape index (κ2) is 6.84. The standard InChI is InChI=1S/C12H24N2OS/c1-11-10-14(6-9-16-11)5-4-13-12-2-7-15-8-3-12/h11-13H,2-10H2,1H3. The summed E-state index contributed by atoms with van der Waals surface area (Å²) in [6, 6.07) is 0.699. The molecule has 2 heterocycles. The Morgan fingerprint density at radius 3 is 2.94 bits per heavy atom. The van der Waals surface area contributed by atoms with Crippen LogP contribution in [0.4, 0.5) is 0 Å². The molecule has 2 fully saturated rings. The van der Waals surface area contributed by atoms with Crippen LogP contribution in [0.25, 0.3) is 0 Å². The molecule has 94 valence electrons. The van der Waals surface area contributed by atoms with E-state index in [2.05, 4.69) is 28.9 Å². The number of rotatable bonds is 4. The first-order valence-corrected chi connectivity index (χ1v) is 7.54. The Morgan fingerprint density at radius 1 is 1.38 bits per heavy atom. The van der Waals surface area contributed by atoms with E-state index in [0.717, 1.165) is 25.0 Å². The molecular formula is C12H24N2OS. The summed E-state index contributed by atoms with van der Waals surface area (Å²) >= 11 is 2.10. The van der Waals surface area contributed by atoms with Gasteiger partial charge in [0.05, 0.1) is 0 Å². The van der Waals surface area contributed by atoms with Crippen LogP contribution in [0, 0.1) is 0 Å². The molecule has 0 bridgehead atoms. The van der Waals surface area contributed by atoms with Crippen molar-refractivity contribution >= 4 is 11.8 Å². The lowest BCUT2D eigenvalue weighted by atomic mass is 10.1. The van der Waals surface area contributed by atoms with Crippen LogP contribution < -0.4 is 5.32 Å². The molecule has 16 heavy (non-hydrogen) atoms. The molecule has 0 radical (unpaired) electrons. The van der Waals surface area contributed by atoms with E-state index in [0.29, 0.717) is 6.04 Å². The molecule has 1 atom stereocenters. The van der Waals surface area contributed by atoms with Crippen LogP contribution in [0.1, 0.15) is 19.8 Å². The van der Waals surface area contributed by atoms with Crippen molar-refractivity contribution in [2.75, 3.05) is 45.1 Å². The third kappa shape index (κ3) is 4.24. The molecule has 0 aliphatic carbocycles. The van der Waals surface area contributed by atoms with Gasteiger partial charge in [0.15, 0.2) is 0 Å². The van der Waals surface area contributed by atoms with E-state index in [1.54, 1.807) is 0 Å². The number of thioether (sulfide) groups is 1. The maximum Gasteiger partial charge on any atom is 0.0480 e. The smallest absolute Gasteiger partial charge is 0.0480 e. The molecule has 1 unspecified atom stereocenters. The minimum atomic E-state index is 0.699. The Balaban J connectivity index is 1.56. The van der Waals surface area contributed by atoms with Gasteiger partial charge in [-0.15, -0.1) is 0 Å². The second-order valence-electron chi connectivity index (χ2n) is 4.82. The fourth-order valence-corrected chi connectivity index (χ4v) is 3.50. The molecule has 0 aromatic rings. The van der Waals surface area contributed by atoms with Gasteiger partial charge in [0.25, 0.3) is 0 Å². The molecule has 3 nitrogen and oxygen atoms in total. The van der Waals surface area contributed by atoms with Gasteiger partial charge in [0.1, 0.15) is 0 Å². The quantitative estimate of drug-likeness (QED) is 0.803. The summed E-state index contributed by atoms with van der Waals surface area (Å²) in [5.74, 6) is 1.30. The van der Waals surface area contributed by atoms with Gasteiger partial charge in [-0.05, 0) is 12.8 Å². The Kier molecular flexibility index (Phi) is 5.42.